The molecule has 0 radical (unpaired) electrons. The maximum Gasteiger partial charge on any atom is 0.274 e. The third-order valence-corrected chi connectivity index (χ3v) is 5.71. The molecule has 2 heterocycles. The predicted molar refractivity (Wildman–Crippen MR) is 87.9 cm³/mol. The van der Waals surface area contributed by atoms with Crippen LogP contribution in [0.3, 0.4) is 0 Å². The Morgan fingerprint density at radius 2 is 2.17 bits per heavy atom. The molecule has 24 heavy (non-hydrogen) atoms. The molecule has 1 aromatic carbocycles. The Labute approximate surface area is 142 Å². The first-order valence-electron chi connectivity index (χ1n) is 7.81. The zero-order chi connectivity index (χ0) is 17.0. The van der Waals surface area contributed by atoms with Crippen LogP contribution in [0.2, 0.25) is 0 Å². The van der Waals surface area contributed by atoms with Gasteiger partial charge in [0.1, 0.15) is 17.6 Å². The number of amides is 2. The minimum Gasteiger partial charge on any atom is -0.368 e. The summed E-state index contributed by atoms with van der Waals surface area (Å²) in [4.78, 5) is 31.3. The summed E-state index contributed by atoms with van der Waals surface area (Å²) in [7, 11) is 0. The first-order chi connectivity index (χ1) is 11.5. The molecule has 124 valence electrons. The summed E-state index contributed by atoms with van der Waals surface area (Å²) in [5.41, 5.74) is 6.36. The SMILES string of the molecule is Cc1nc(C(=O)N2[C@H](C(N)=O)C[C@@H]3C[C@@H]32)c(-c2cccc(F)c2)s1. The highest BCUT2D eigenvalue weighted by Crippen LogP contribution is 2.48. The van der Waals surface area contributed by atoms with Crippen molar-refractivity contribution in [1.29, 1.82) is 0 Å². The Hall–Kier alpha value is -2.28. The molecule has 3 atom stereocenters. The second-order valence-corrected chi connectivity index (χ2v) is 7.55. The van der Waals surface area contributed by atoms with E-state index in [1.807, 2.05) is 0 Å². The standard InChI is InChI=1S/C17H16FN3O2S/c1-8-20-14(15(24-8)9-3-2-4-11(18)5-9)17(23)21-12-6-10(12)7-13(21)16(19)22/h2-5,10,12-13H,6-7H2,1H3,(H2,19,22)/t10-,12-,13-/m0/s1. The van der Waals surface area contributed by atoms with Crippen molar-refractivity contribution in [1.82, 2.24) is 9.88 Å². The van der Waals surface area contributed by atoms with Gasteiger partial charge in [-0.2, -0.15) is 0 Å². The molecule has 5 nitrogen and oxygen atoms in total. The molecule has 1 aliphatic carbocycles. The van der Waals surface area contributed by atoms with Crippen LogP contribution in [0.25, 0.3) is 10.4 Å². The number of likely N-dealkylation sites (tertiary alicyclic amines) is 1. The van der Waals surface area contributed by atoms with Gasteiger partial charge in [0.2, 0.25) is 5.91 Å². The van der Waals surface area contributed by atoms with Crippen molar-refractivity contribution < 1.29 is 14.0 Å². The Morgan fingerprint density at radius 3 is 2.88 bits per heavy atom. The Bertz CT molecular complexity index is 850. The molecule has 7 heteroatoms. The van der Waals surface area contributed by atoms with Crippen molar-refractivity contribution in [3.8, 4) is 10.4 Å². The van der Waals surface area contributed by atoms with E-state index in [4.69, 9.17) is 5.73 Å². The molecule has 0 spiro atoms. The Balaban J connectivity index is 1.74. The van der Waals surface area contributed by atoms with E-state index in [1.54, 1.807) is 24.0 Å². The summed E-state index contributed by atoms with van der Waals surface area (Å²) in [5, 5.41) is 0.722. The third-order valence-electron chi connectivity index (χ3n) is 4.69. The van der Waals surface area contributed by atoms with Gasteiger partial charge in [0.15, 0.2) is 0 Å². The zero-order valence-electron chi connectivity index (χ0n) is 13.0. The third kappa shape index (κ3) is 2.39. The molecule has 4 rings (SSSR count). The van der Waals surface area contributed by atoms with Gasteiger partial charge in [-0.05, 0) is 43.4 Å². The number of thiazole rings is 1. The first-order valence-corrected chi connectivity index (χ1v) is 8.62. The number of rotatable bonds is 3. The van der Waals surface area contributed by atoms with E-state index >= 15 is 0 Å². The molecule has 2 aliphatic rings. The van der Waals surface area contributed by atoms with Crippen molar-refractivity contribution >= 4 is 23.2 Å². The van der Waals surface area contributed by atoms with E-state index in [2.05, 4.69) is 4.98 Å². The van der Waals surface area contributed by atoms with Gasteiger partial charge >= 0.3 is 0 Å². The number of fused-ring (bicyclic) bond motifs is 1. The summed E-state index contributed by atoms with van der Waals surface area (Å²) < 4.78 is 13.6. The van der Waals surface area contributed by atoms with E-state index in [1.165, 1.54) is 23.5 Å². The van der Waals surface area contributed by atoms with E-state index in [9.17, 15) is 14.0 Å². The minimum absolute atomic E-state index is 0.0809. The summed E-state index contributed by atoms with van der Waals surface area (Å²) in [6.45, 7) is 1.81. The number of piperidine rings is 1. The number of carbonyl (C=O) groups excluding carboxylic acids is 2. The number of hydrogen-bond donors (Lipinski definition) is 1. The molecule has 2 N–H and O–H groups in total. The summed E-state index contributed by atoms with van der Waals surface area (Å²) in [6, 6.07) is 5.62. The highest BCUT2D eigenvalue weighted by Gasteiger charge is 2.56. The first kappa shape index (κ1) is 15.3. The van der Waals surface area contributed by atoms with Gasteiger partial charge in [-0.15, -0.1) is 11.3 Å². The van der Waals surface area contributed by atoms with Crippen LogP contribution >= 0.6 is 11.3 Å². The number of aryl methyl sites for hydroxylation is 1. The fourth-order valence-corrected chi connectivity index (χ4v) is 4.43. The van der Waals surface area contributed by atoms with Crippen LogP contribution in [0.4, 0.5) is 4.39 Å². The fraction of sp³-hybridized carbons (Fsp3) is 0.353. The molecule has 1 saturated heterocycles. The number of hydrogen-bond acceptors (Lipinski definition) is 4. The quantitative estimate of drug-likeness (QED) is 0.928. The lowest BCUT2D eigenvalue weighted by atomic mass is 10.1. The van der Waals surface area contributed by atoms with Gasteiger partial charge in [0, 0.05) is 6.04 Å². The average Bonchev–Trinajstić information content (AvgIpc) is 3.02. The van der Waals surface area contributed by atoms with Crippen molar-refractivity contribution in [3.63, 3.8) is 0 Å². The van der Waals surface area contributed by atoms with Crippen LogP contribution < -0.4 is 5.73 Å². The summed E-state index contributed by atoms with van der Waals surface area (Å²) >= 11 is 1.35. The maximum atomic E-state index is 13.6. The maximum absolute atomic E-state index is 13.6. The van der Waals surface area contributed by atoms with Gasteiger partial charge in [0.25, 0.3) is 5.91 Å². The van der Waals surface area contributed by atoms with Gasteiger partial charge < -0.3 is 10.6 Å². The number of primary amides is 1. The second kappa shape index (κ2) is 5.37. The average molecular weight is 345 g/mol. The molecule has 0 unspecified atom stereocenters. The lowest BCUT2D eigenvalue weighted by molar-refractivity contribution is -0.122. The Morgan fingerprint density at radius 1 is 1.38 bits per heavy atom. The van der Waals surface area contributed by atoms with Crippen molar-refractivity contribution in [2.45, 2.75) is 31.8 Å². The van der Waals surface area contributed by atoms with Crippen LogP contribution in [0.1, 0.15) is 28.3 Å². The molecule has 2 aromatic rings. The molecule has 2 amide bonds. The number of nitrogens with two attached hydrogens (primary N) is 1. The van der Waals surface area contributed by atoms with Crippen LogP contribution in [0.5, 0.6) is 0 Å². The van der Waals surface area contributed by atoms with Crippen LogP contribution in [-0.2, 0) is 4.79 Å². The summed E-state index contributed by atoms with van der Waals surface area (Å²) in [5.74, 6) is -0.763. The molecule has 1 saturated carbocycles. The number of aromatic nitrogens is 1. The topological polar surface area (TPSA) is 76.3 Å². The molecule has 1 aromatic heterocycles. The van der Waals surface area contributed by atoms with Gasteiger partial charge in [-0.3, -0.25) is 9.59 Å². The second-order valence-electron chi connectivity index (χ2n) is 6.35. The summed E-state index contributed by atoms with van der Waals surface area (Å²) in [6.07, 6.45) is 1.54. The van der Waals surface area contributed by atoms with Gasteiger partial charge in [-0.25, -0.2) is 9.37 Å². The van der Waals surface area contributed by atoms with Crippen molar-refractivity contribution in [2.24, 2.45) is 11.7 Å². The van der Waals surface area contributed by atoms with Crippen LogP contribution in [-0.4, -0.2) is 33.8 Å². The molecule has 1 aliphatic heterocycles. The fourth-order valence-electron chi connectivity index (χ4n) is 3.52. The largest absolute Gasteiger partial charge is 0.368 e. The number of halogens is 1. The van der Waals surface area contributed by atoms with E-state index in [-0.39, 0.29) is 23.5 Å². The minimum atomic E-state index is -0.566. The van der Waals surface area contributed by atoms with Crippen LogP contribution in [0, 0.1) is 18.7 Å². The van der Waals surface area contributed by atoms with Crippen molar-refractivity contribution in [2.75, 3.05) is 0 Å². The lowest BCUT2D eigenvalue weighted by Gasteiger charge is -2.24. The monoisotopic (exact) mass is 345 g/mol. The molecule has 2 fully saturated rings. The van der Waals surface area contributed by atoms with Crippen LogP contribution in [0.15, 0.2) is 24.3 Å². The van der Waals surface area contributed by atoms with Gasteiger partial charge in [-0.1, -0.05) is 12.1 Å². The molecular weight excluding hydrogens is 329 g/mol. The smallest absolute Gasteiger partial charge is 0.274 e. The zero-order valence-corrected chi connectivity index (χ0v) is 13.8. The number of carbonyl (C=O) groups is 2. The highest BCUT2D eigenvalue weighted by atomic mass is 32.1. The number of nitrogens with zero attached hydrogens (tertiary/aromatic N) is 2. The molecular formula is C17H16FN3O2S. The Kier molecular flexibility index (Phi) is 3.42. The lowest BCUT2D eigenvalue weighted by Crippen LogP contribution is -2.46. The number of benzene rings is 1. The predicted octanol–water partition coefficient (Wildman–Crippen LogP) is 2.35. The van der Waals surface area contributed by atoms with E-state index in [0.29, 0.717) is 22.8 Å². The normalized spacial score (nSPS) is 24.8. The van der Waals surface area contributed by atoms with Crippen molar-refractivity contribution in [3.05, 3.63) is 40.8 Å². The highest BCUT2D eigenvalue weighted by molar-refractivity contribution is 7.15. The van der Waals surface area contributed by atoms with E-state index < -0.39 is 11.9 Å². The van der Waals surface area contributed by atoms with Gasteiger partial charge in [0.05, 0.1) is 9.88 Å². The van der Waals surface area contributed by atoms with E-state index in [0.717, 1.165) is 11.4 Å². The molecule has 0 bridgehead atoms.